The summed E-state index contributed by atoms with van der Waals surface area (Å²) in [4.78, 5) is 0.528. The molecular formula is C11H9BrFNO3S2. The number of rotatable bonds is 4. The number of aliphatic hydroxyl groups is 1. The molecular weight excluding hydrogens is 357 g/mol. The monoisotopic (exact) mass is 365 g/mol. The van der Waals surface area contributed by atoms with Crippen molar-refractivity contribution in [2.75, 3.05) is 4.72 Å². The van der Waals surface area contributed by atoms with Gasteiger partial charge in [0, 0.05) is 14.7 Å². The number of halogens is 2. The maximum Gasteiger partial charge on any atom is 0.262 e. The van der Waals surface area contributed by atoms with Crippen molar-refractivity contribution in [2.24, 2.45) is 0 Å². The average molecular weight is 366 g/mol. The number of anilines is 1. The zero-order valence-electron chi connectivity index (χ0n) is 9.43. The summed E-state index contributed by atoms with van der Waals surface area (Å²) in [5.41, 5.74) is -0.125. The molecule has 1 heterocycles. The number of aliphatic hydroxyl groups excluding tert-OH is 1. The van der Waals surface area contributed by atoms with Gasteiger partial charge in [0.05, 0.1) is 17.2 Å². The highest BCUT2D eigenvalue weighted by atomic mass is 79.9. The molecule has 4 nitrogen and oxygen atoms in total. The van der Waals surface area contributed by atoms with Crippen molar-refractivity contribution in [2.45, 2.75) is 11.5 Å². The zero-order valence-corrected chi connectivity index (χ0v) is 12.6. The van der Waals surface area contributed by atoms with Crippen molar-refractivity contribution < 1.29 is 17.9 Å². The Balaban J connectivity index is 2.30. The Morgan fingerprint density at radius 3 is 2.68 bits per heavy atom. The van der Waals surface area contributed by atoms with E-state index in [0.29, 0.717) is 9.35 Å². The van der Waals surface area contributed by atoms with E-state index in [1.807, 2.05) is 0 Å². The van der Waals surface area contributed by atoms with E-state index >= 15 is 0 Å². The molecule has 0 aliphatic carbocycles. The molecule has 0 fully saturated rings. The highest BCUT2D eigenvalue weighted by Gasteiger charge is 2.18. The highest BCUT2D eigenvalue weighted by Crippen LogP contribution is 2.25. The van der Waals surface area contributed by atoms with Gasteiger partial charge in [-0.05, 0) is 24.3 Å². The van der Waals surface area contributed by atoms with Crippen LogP contribution < -0.4 is 4.72 Å². The Morgan fingerprint density at radius 1 is 1.37 bits per heavy atom. The van der Waals surface area contributed by atoms with Crippen molar-refractivity contribution in [3.63, 3.8) is 0 Å². The zero-order chi connectivity index (χ0) is 14.0. The summed E-state index contributed by atoms with van der Waals surface area (Å²) in [7, 11) is -3.84. The standard InChI is InChI=1S/C11H9BrFNO3S2/c12-7-1-2-11(10(13)3-7)14-19(16,17)9-4-8(5-15)18-6-9/h1-4,6,14-15H,5H2. The van der Waals surface area contributed by atoms with E-state index in [-0.39, 0.29) is 17.2 Å². The van der Waals surface area contributed by atoms with Gasteiger partial charge >= 0.3 is 0 Å². The van der Waals surface area contributed by atoms with Gasteiger partial charge in [0.15, 0.2) is 0 Å². The molecule has 0 spiro atoms. The lowest BCUT2D eigenvalue weighted by Crippen LogP contribution is -2.13. The van der Waals surface area contributed by atoms with Crippen LogP contribution >= 0.6 is 27.3 Å². The molecule has 8 heteroatoms. The first-order valence-corrected chi connectivity index (χ1v) is 8.24. The van der Waals surface area contributed by atoms with Crippen LogP contribution in [0.15, 0.2) is 39.0 Å². The van der Waals surface area contributed by atoms with Crippen LogP contribution in [0.4, 0.5) is 10.1 Å². The molecule has 0 saturated heterocycles. The van der Waals surface area contributed by atoms with E-state index in [1.54, 1.807) is 0 Å². The first kappa shape index (κ1) is 14.4. The number of hydrogen-bond donors (Lipinski definition) is 2. The lowest BCUT2D eigenvalue weighted by Gasteiger charge is -2.07. The van der Waals surface area contributed by atoms with Crippen LogP contribution in [0.5, 0.6) is 0 Å². The summed E-state index contributed by atoms with van der Waals surface area (Å²) in [6.45, 7) is -0.229. The van der Waals surface area contributed by atoms with Gasteiger partial charge < -0.3 is 5.11 Å². The van der Waals surface area contributed by atoms with Crippen molar-refractivity contribution in [3.05, 3.63) is 44.8 Å². The molecule has 0 unspecified atom stereocenters. The SMILES string of the molecule is O=S(=O)(Nc1ccc(Br)cc1F)c1csc(CO)c1. The molecule has 19 heavy (non-hydrogen) atoms. The van der Waals surface area contributed by atoms with Gasteiger partial charge in [-0.3, -0.25) is 4.72 Å². The third kappa shape index (κ3) is 3.33. The number of sulfonamides is 1. The molecule has 2 N–H and O–H groups in total. The molecule has 0 bridgehead atoms. The highest BCUT2D eigenvalue weighted by molar-refractivity contribution is 9.10. The lowest BCUT2D eigenvalue weighted by molar-refractivity contribution is 0.285. The first-order valence-electron chi connectivity index (χ1n) is 5.08. The Kier molecular flexibility index (Phi) is 4.24. The Bertz CT molecular complexity index is 700. The normalized spacial score (nSPS) is 11.5. The van der Waals surface area contributed by atoms with Crippen LogP contribution in [-0.4, -0.2) is 13.5 Å². The summed E-state index contributed by atoms with van der Waals surface area (Å²) in [5.74, 6) is -0.671. The smallest absolute Gasteiger partial charge is 0.262 e. The van der Waals surface area contributed by atoms with Gasteiger partial charge in [-0.1, -0.05) is 15.9 Å². The Labute approximate surface area is 122 Å². The van der Waals surface area contributed by atoms with Crippen LogP contribution in [0.25, 0.3) is 0 Å². The minimum Gasteiger partial charge on any atom is -0.391 e. The molecule has 0 radical (unpaired) electrons. The van der Waals surface area contributed by atoms with E-state index in [0.717, 1.165) is 11.3 Å². The largest absolute Gasteiger partial charge is 0.391 e. The summed E-state index contributed by atoms with van der Waals surface area (Å²) in [6, 6.07) is 5.39. The third-order valence-corrected chi connectivity index (χ3v) is 5.18. The predicted octanol–water partition coefficient (Wildman–Crippen LogP) is 2.94. The molecule has 1 aromatic heterocycles. The number of hydrogen-bond acceptors (Lipinski definition) is 4. The van der Waals surface area contributed by atoms with Crippen LogP contribution in [0.2, 0.25) is 0 Å². The van der Waals surface area contributed by atoms with Crippen LogP contribution in [0, 0.1) is 5.82 Å². The number of thiophene rings is 1. The van der Waals surface area contributed by atoms with Crippen molar-refractivity contribution in [1.82, 2.24) is 0 Å². The van der Waals surface area contributed by atoms with E-state index in [1.165, 1.54) is 29.6 Å². The summed E-state index contributed by atoms with van der Waals surface area (Å²) < 4.78 is 40.3. The molecule has 0 amide bonds. The lowest BCUT2D eigenvalue weighted by atomic mass is 10.3. The molecule has 1 aromatic carbocycles. The summed E-state index contributed by atoms with van der Waals surface area (Å²) in [6.07, 6.45) is 0. The minimum absolute atomic E-state index is 0.00358. The van der Waals surface area contributed by atoms with E-state index in [4.69, 9.17) is 5.11 Å². The molecule has 0 aliphatic heterocycles. The topological polar surface area (TPSA) is 66.4 Å². The fourth-order valence-electron chi connectivity index (χ4n) is 1.36. The van der Waals surface area contributed by atoms with E-state index in [9.17, 15) is 12.8 Å². The summed E-state index contributed by atoms with van der Waals surface area (Å²) >= 11 is 4.21. The molecule has 102 valence electrons. The summed E-state index contributed by atoms with van der Waals surface area (Å²) in [5, 5.41) is 10.3. The van der Waals surface area contributed by atoms with Gasteiger partial charge in [-0.25, -0.2) is 12.8 Å². The second kappa shape index (κ2) is 5.58. The van der Waals surface area contributed by atoms with E-state index < -0.39 is 15.8 Å². The molecule has 0 aliphatic rings. The Morgan fingerprint density at radius 2 is 2.11 bits per heavy atom. The van der Waals surface area contributed by atoms with Gasteiger partial charge in [-0.15, -0.1) is 11.3 Å². The average Bonchev–Trinajstić information content (AvgIpc) is 2.82. The molecule has 2 aromatic rings. The second-order valence-electron chi connectivity index (χ2n) is 3.64. The van der Waals surface area contributed by atoms with Crippen molar-refractivity contribution in [1.29, 1.82) is 0 Å². The van der Waals surface area contributed by atoms with Crippen molar-refractivity contribution >= 4 is 43.0 Å². The maximum atomic E-state index is 13.6. The van der Waals surface area contributed by atoms with Crippen LogP contribution in [0.1, 0.15) is 4.88 Å². The number of benzene rings is 1. The molecule has 0 atom stereocenters. The minimum atomic E-state index is -3.84. The Hall–Kier alpha value is -0.960. The van der Waals surface area contributed by atoms with Gasteiger partial charge in [0.25, 0.3) is 10.0 Å². The van der Waals surface area contributed by atoms with E-state index in [2.05, 4.69) is 20.7 Å². The third-order valence-electron chi connectivity index (χ3n) is 2.27. The number of nitrogens with one attached hydrogen (secondary N) is 1. The maximum absolute atomic E-state index is 13.6. The van der Waals surface area contributed by atoms with Gasteiger partial charge in [0.2, 0.25) is 0 Å². The first-order chi connectivity index (χ1) is 8.92. The van der Waals surface area contributed by atoms with Gasteiger partial charge in [-0.2, -0.15) is 0 Å². The van der Waals surface area contributed by atoms with Crippen LogP contribution in [0.3, 0.4) is 0 Å². The second-order valence-corrected chi connectivity index (χ2v) is 7.23. The fourth-order valence-corrected chi connectivity index (χ4v) is 3.89. The van der Waals surface area contributed by atoms with Crippen molar-refractivity contribution in [3.8, 4) is 0 Å². The van der Waals surface area contributed by atoms with Gasteiger partial charge in [0.1, 0.15) is 5.82 Å². The quantitative estimate of drug-likeness (QED) is 0.875. The molecule has 2 rings (SSSR count). The van der Waals surface area contributed by atoms with Crippen LogP contribution in [-0.2, 0) is 16.6 Å². The molecule has 0 saturated carbocycles. The predicted molar refractivity (Wildman–Crippen MR) is 75.2 cm³/mol. The fraction of sp³-hybridized carbons (Fsp3) is 0.0909.